The second-order valence-electron chi connectivity index (χ2n) is 2.58. The Morgan fingerprint density at radius 3 is 1.89 bits per heavy atom. The Kier molecular flexibility index (Phi) is 5.37. The van der Waals surface area contributed by atoms with E-state index in [1.54, 1.807) is 13.8 Å². The van der Waals surface area contributed by atoms with Gasteiger partial charge in [-0.25, -0.2) is 0 Å². The van der Waals surface area contributed by atoms with Crippen LogP contribution in [-0.4, -0.2) is 22.0 Å². The molecule has 0 aromatic heterocycles. The average Bonchev–Trinajstić information content (AvgIpc) is 1.21. The molecule has 1 atom stereocenters. The van der Waals surface area contributed by atoms with E-state index in [1.807, 2.05) is 0 Å². The SMILES string of the molecule is CC(C)(O)CC(N)O.Cl. The third-order valence-corrected chi connectivity index (χ3v) is 0.709. The van der Waals surface area contributed by atoms with Gasteiger partial charge in [-0.15, -0.1) is 12.4 Å². The molecular formula is C5H14ClNO2. The average molecular weight is 156 g/mol. The summed E-state index contributed by atoms with van der Waals surface area (Å²) >= 11 is 0. The van der Waals surface area contributed by atoms with Crippen molar-refractivity contribution in [2.75, 3.05) is 0 Å². The third-order valence-electron chi connectivity index (χ3n) is 0.709. The van der Waals surface area contributed by atoms with Crippen LogP contribution < -0.4 is 5.73 Å². The van der Waals surface area contributed by atoms with Gasteiger partial charge in [-0.05, 0) is 13.8 Å². The van der Waals surface area contributed by atoms with Crippen molar-refractivity contribution in [3.05, 3.63) is 0 Å². The largest absolute Gasteiger partial charge is 0.390 e. The van der Waals surface area contributed by atoms with Gasteiger partial charge in [0.05, 0.1) is 5.60 Å². The van der Waals surface area contributed by atoms with E-state index in [9.17, 15) is 0 Å². The van der Waals surface area contributed by atoms with Gasteiger partial charge in [-0.3, -0.25) is 0 Å². The highest BCUT2D eigenvalue weighted by molar-refractivity contribution is 5.85. The fourth-order valence-corrected chi connectivity index (χ4v) is 0.512. The van der Waals surface area contributed by atoms with E-state index in [0.29, 0.717) is 0 Å². The molecule has 0 bridgehead atoms. The maximum absolute atomic E-state index is 8.95. The molecule has 0 aromatic rings. The molecule has 3 nitrogen and oxygen atoms in total. The van der Waals surface area contributed by atoms with Crippen molar-refractivity contribution in [2.24, 2.45) is 5.73 Å². The van der Waals surface area contributed by atoms with E-state index in [0.717, 1.165) is 0 Å². The molecule has 0 saturated carbocycles. The molecule has 0 aliphatic carbocycles. The minimum Gasteiger partial charge on any atom is -0.390 e. The van der Waals surface area contributed by atoms with Gasteiger partial charge >= 0.3 is 0 Å². The first-order chi connectivity index (χ1) is 3.42. The van der Waals surface area contributed by atoms with Crippen LogP contribution in [0.4, 0.5) is 0 Å². The summed E-state index contributed by atoms with van der Waals surface area (Å²) in [6.07, 6.45) is -0.692. The van der Waals surface area contributed by atoms with Crippen molar-refractivity contribution < 1.29 is 10.2 Å². The van der Waals surface area contributed by atoms with Crippen LogP contribution in [0, 0.1) is 0 Å². The monoisotopic (exact) mass is 155 g/mol. The summed E-state index contributed by atoms with van der Waals surface area (Å²) in [5.74, 6) is 0. The molecule has 4 heteroatoms. The summed E-state index contributed by atoms with van der Waals surface area (Å²) in [4.78, 5) is 0. The molecule has 1 unspecified atom stereocenters. The Balaban J connectivity index is 0. The first kappa shape index (κ1) is 11.9. The van der Waals surface area contributed by atoms with Crippen LogP contribution in [0.2, 0.25) is 0 Å². The lowest BCUT2D eigenvalue weighted by molar-refractivity contribution is 0.0209. The van der Waals surface area contributed by atoms with E-state index in [1.165, 1.54) is 0 Å². The summed E-state index contributed by atoms with van der Waals surface area (Å²) in [5.41, 5.74) is 4.12. The zero-order valence-electron chi connectivity index (χ0n) is 5.66. The van der Waals surface area contributed by atoms with Gasteiger partial charge in [-0.1, -0.05) is 0 Å². The molecule has 0 aliphatic rings. The normalized spacial score (nSPS) is 14.3. The van der Waals surface area contributed by atoms with Crippen LogP contribution >= 0.6 is 12.4 Å². The Bertz CT molecular complexity index is 69.8. The number of nitrogens with two attached hydrogens (primary N) is 1. The second-order valence-corrected chi connectivity index (χ2v) is 2.58. The number of aliphatic hydroxyl groups excluding tert-OH is 1. The van der Waals surface area contributed by atoms with Gasteiger partial charge in [0.25, 0.3) is 0 Å². The second kappa shape index (κ2) is 4.06. The lowest BCUT2D eigenvalue weighted by Crippen LogP contribution is -2.31. The molecule has 0 saturated heterocycles. The van der Waals surface area contributed by atoms with Crippen LogP contribution in [0.15, 0.2) is 0 Å². The molecular weight excluding hydrogens is 142 g/mol. The van der Waals surface area contributed by atoms with Gasteiger partial charge in [-0.2, -0.15) is 0 Å². The van der Waals surface area contributed by atoms with Gasteiger partial charge in [0, 0.05) is 6.42 Å². The summed E-state index contributed by atoms with van der Waals surface area (Å²) < 4.78 is 0. The van der Waals surface area contributed by atoms with Crippen molar-refractivity contribution in [3.63, 3.8) is 0 Å². The van der Waals surface area contributed by atoms with Crippen LogP contribution in [0.25, 0.3) is 0 Å². The topological polar surface area (TPSA) is 66.5 Å². The Labute approximate surface area is 61.3 Å². The fourth-order valence-electron chi connectivity index (χ4n) is 0.512. The van der Waals surface area contributed by atoms with Gasteiger partial charge in [0.15, 0.2) is 0 Å². The Morgan fingerprint density at radius 1 is 1.56 bits per heavy atom. The molecule has 0 aliphatic heterocycles. The molecule has 0 rings (SSSR count). The van der Waals surface area contributed by atoms with Gasteiger partial charge in [0.2, 0.25) is 0 Å². The van der Waals surface area contributed by atoms with Gasteiger partial charge in [0.1, 0.15) is 6.23 Å². The summed E-state index contributed by atoms with van der Waals surface area (Å²) in [5, 5.41) is 17.5. The molecule has 4 N–H and O–H groups in total. The predicted octanol–water partition coefficient (Wildman–Crippen LogP) is -0.154. The summed E-state index contributed by atoms with van der Waals surface area (Å²) in [6, 6.07) is 0. The zero-order chi connectivity index (χ0) is 6.78. The maximum atomic E-state index is 8.95. The molecule has 0 amide bonds. The number of aliphatic hydroxyl groups is 2. The fraction of sp³-hybridized carbons (Fsp3) is 1.00. The summed E-state index contributed by atoms with van der Waals surface area (Å²) in [6.45, 7) is 3.20. The van der Waals surface area contributed by atoms with E-state index in [-0.39, 0.29) is 18.8 Å². The van der Waals surface area contributed by atoms with Crippen molar-refractivity contribution in [1.29, 1.82) is 0 Å². The van der Waals surface area contributed by atoms with E-state index < -0.39 is 11.8 Å². The minimum absolute atomic E-state index is 0. The molecule has 0 fully saturated rings. The number of hydrogen-bond donors (Lipinski definition) is 3. The maximum Gasteiger partial charge on any atom is 0.105 e. The highest BCUT2D eigenvalue weighted by Gasteiger charge is 2.14. The third kappa shape index (κ3) is 11.6. The molecule has 58 valence electrons. The molecule has 0 heterocycles. The standard InChI is InChI=1S/C5H13NO2.ClH/c1-5(2,8)3-4(6)7;/h4,7-8H,3,6H2,1-2H3;1H. The van der Waals surface area contributed by atoms with E-state index >= 15 is 0 Å². The lowest BCUT2D eigenvalue weighted by atomic mass is 10.1. The lowest BCUT2D eigenvalue weighted by Gasteiger charge is -2.17. The Hall–Kier alpha value is 0.170. The van der Waals surface area contributed by atoms with Crippen LogP contribution in [-0.2, 0) is 0 Å². The minimum atomic E-state index is -0.907. The first-order valence-electron chi connectivity index (χ1n) is 2.58. The van der Waals surface area contributed by atoms with Crippen molar-refractivity contribution in [2.45, 2.75) is 32.1 Å². The highest BCUT2D eigenvalue weighted by Crippen LogP contribution is 2.06. The number of halogens is 1. The quantitative estimate of drug-likeness (QED) is 0.486. The predicted molar refractivity (Wildman–Crippen MR) is 38.4 cm³/mol. The Morgan fingerprint density at radius 2 is 1.89 bits per heavy atom. The van der Waals surface area contributed by atoms with Crippen LogP contribution in [0.5, 0.6) is 0 Å². The molecule has 0 aromatic carbocycles. The molecule has 0 radical (unpaired) electrons. The summed E-state index contributed by atoms with van der Waals surface area (Å²) in [7, 11) is 0. The van der Waals surface area contributed by atoms with E-state index in [4.69, 9.17) is 15.9 Å². The van der Waals surface area contributed by atoms with Gasteiger partial charge < -0.3 is 15.9 Å². The van der Waals surface area contributed by atoms with Crippen molar-refractivity contribution in [1.82, 2.24) is 0 Å². The zero-order valence-corrected chi connectivity index (χ0v) is 6.48. The number of rotatable bonds is 2. The van der Waals surface area contributed by atoms with Crippen LogP contribution in [0.3, 0.4) is 0 Å². The van der Waals surface area contributed by atoms with E-state index in [2.05, 4.69) is 0 Å². The highest BCUT2D eigenvalue weighted by atomic mass is 35.5. The first-order valence-corrected chi connectivity index (χ1v) is 2.58. The number of hydrogen-bond acceptors (Lipinski definition) is 3. The van der Waals surface area contributed by atoms with Crippen molar-refractivity contribution >= 4 is 12.4 Å². The molecule has 9 heavy (non-hydrogen) atoms. The van der Waals surface area contributed by atoms with Crippen molar-refractivity contribution in [3.8, 4) is 0 Å². The molecule has 0 spiro atoms. The van der Waals surface area contributed by atoms with Crippen LogP contribution in [0.1, 0.15) is 20.3 Å². The smallest absolute Gasteiger partial charge is 0.105 e.